The zero-order valence-corrected chi connectivity index (χ0v) is 17.4. The Morgan fingerprint density at radius 3 is 2.14 bits per heavy atom. The minimum atomic E-state index is -0.398. The summed E-state index contributed by atoms with van der Waals surface area (Å²) in [7, 11) is 0. The highest BCUT2D eigenvalue weighted by molar-refractivity contribution is 6.54. The molecular formula is C21H8Cl4N2O2. The molecule has 0 fully saturated rings. The molecule has 0 radical (unpaired) electrons. The van der Waals surface area contributed by atoms with E-state index < -0.39 is 5.91 Å². The van der Waals surface area contributed by atoms with E-state index in [1.54, 1.807) is 42.5 Å². The molecule has 0 N–H and O–H groups in total. The van der Waals surface area contributed by atoms with Gasteiger partial charge in [0.2, 0.25) is 0 Å². The number of fused-ring (bicyclic) bond motifs is 5. The number of halogens is 4. The zero-order chi connectivity index (χ0) is 20.4. The summed E-state index contributed by atoms with van der Waals surface area (Å²) < 4.78 is 1.40. The molecule has 0 spiro atoms. The van der Waals surface area contributed by atoms with Crippen molar-refractivity contribution in [2.24, 2.45) is 0 Å². The summed E-state index contributed by atoms with van der Waals surface area (Å²) in [4.78, 5) is 30.3. The first-order chi connectivity index (χ1) is 13.9. The number of carbonyl (C=O) groups is 2. The second-order valence-electron chi connectivity index (χ2n) is 6.48. The van der Waals surface area contributed by atoms with Gasteiger partial charge in [-0.1, -0.05) is 76.7 Å². The van der Waals surface area contributed by atoms with Crippen molar-refractivity contribution in [1.82, 2.24) is 9.55 Å². The molecule has 0 aliphatic carbocycles. The molecule has 0 bridgehead atoms. The van der Waals surface area contributed by atoms with Crippen molar-refractivity contribution in [1.29, 1.82) is 0 Å². The van der Waals surface area contributed by atoms with Crippen LogP contribution in [-0.4, -0.2) is 21.2 Å². The van der Waals surface area contributed by atoms with Gasteiger partial charge in [-0.15, -0.1) is 0 Å². The molecule has 1 aromatic heterocycles. The number of nitrogens with zero attached hydrogens (tertiary/aromatic N) is 2. The summed E-state index contributed by atoms with van der Waals surface area (Å²) in [5.41, 5.74) is 2.55. The van der Waals surface area contributed by atoms with Crippen LogP contribution in [0.2, 0.25) is 20.1 Å². The van der Waals surface area contributed by atoms with Gasteiger partial charge in [-0.05, 0) is 18.2 Å². The molecule has 0 saturated heterocycles. The van der Waals surface area contributed by atoms with Gasteiger partial charge < -0.3 is 0 Å². The molecule has 1 aliphatic rings. The molecule has 5 rings (SSSR count). The van der Waals surface area contributed by atoms with Gasteiger partial charge in [0.25, 0.3) is 5.91 Å². The van der Waals surface area contributed by atoms with E-state index >= 15 is 0 Å². The number of rotatable bonds is 2. The number of aromatic nitrogens is 2. The lowest BCUT2D eigenvalue weighted by Crippen LogP contribution is -2.07. The van der Waals surface area contributed by atoms with Crippen molar-refractivity contribution in [3.63, 3.8) is 0 Å². The highest BCUT2D eigenvalue weighted by atomic mass is 35.5. The zero-order valence-electron chi connectivity index (χ0n) is 14.3. The first-order valence-corrected chi connectivity index (χ1v) is 9.94. The molecule has 8 heteroatoms. The molecule has 4 aromatic rings. The molecule has 0 saturated carbocycles. The van der Waals surface area contributed by atoms with Crippen LogP contribution in [-0.2, 0) is 0 Å². The van der Waals surface area contributed by atoms with E-state index in [0.29, 0.717) is 33.5 Å². The molecule has 0 unspecified atom stereocenters. The Labute approximate surface area is 184 Å². The molecule has 29 heavy (non-hydrogen) atoms. The van der Waals surface area contributed by atoms with Crippen molar-refractivity contribution in [2.45, 2.75) is 0 Å². The Bertz CT molecular complexity index is 1380. The minimum absolute atomic E-state index is 0.0243. The van der Waals surface area contributed by atoms with E-state index in [2.05, 4.69) is 4.98 Å². The topological polar surface area (TPSA) is 52.0 Å². The maximum absolute atomic E-state index is 13.1. The summed E-state index contributed by atoms with van der Waals surface area (Å²) in [5.74, 6) is -0.219. The number of carbonyl (C=O) groups excluding carboxylic acids is 2. The quantitative estimate of drug-likeness (QED) is 0.170. The van der Waals surface area contributed by atoms with E-state index in [9.17, 15) is 9.59 Å². The Balaban J connectivity index is 1.72. The highest BCUT2D eigenvalue weighted by Crippen LogP contribution is 2.49. The third kappa shape index (κ3) is 2.57. The summed E-state index contributed by atoms with van der Waals surface area (Å²) >= 11 is 24.9. The van der Waals surface area contributed by atoms with Crippen LogP contribution in [0.25, 0.3) is 22.4 Å². The third-order valence-corrected chi connectivity index (χ3v) is 6.66. The Morgan fingerprint density at radius 2 is 1.45 bits per heavy atom. The number of hydrogen-bond acceptors (Lipinski definition) is 3. The van der Waals surface area contributed by atoms with Crippen LogP contribution in [0.15, 0.2) is 48.5 Å². The number of hydrogen-bond donors (Lipinski definition) is 0. The van der Waals surface area contributed by atoms with Crippen LogP contribution in [0.1, 0.15) is 26.3 Å². The summed E-state index contributed by atoms with van der Waals surface area (Å²) in [6.07, 6.45) is 0. The smallest absolute Gasteiger partial charge is 0.266 e. The van der Waals surface area contributed by atoms with E-state index in [1.165, 1.54) is 4.57 Å². The van der Waals surface area contributed by atoms with Gasteiger partial charge in [0.1, 0.15) is 0 Å². The lowest BCUT2D eigenvalue weighted by molar-refractivity contribution is 0.0972. The maximum Gasteiger partial charge on any atom is 0.266 e. The fraction of sp³-hybridized carbons (Fsp3) is 0. The molecule has 142 valence electrons. The maximum atomic E-state index is 13.1. The Morgan fingerprint density at radius 1 is 0.793 bits per heavy atom. The van der Waals surface area contributed by atoms with Crippen molar-refractivity contribution in [3.8, 4) is 11.4 Å². The third-order valence-electron chi connectivity index (χ3n) is 4.86. The van der Waals surface area contributed by atoms with Crippen LogP contribution >= 0.6 is 46.4 Å². The number of benzene rings is 3. The second kappa shape index (κ2) is 6.57. The van der Waals surface area contributed by atoms with Gasteiger partial charge in [0, 0.05) is 11.1 Å². The van der Waals surface area contributed by atoms with E-state index in [4.69, 9.17) is 46.4 Å². The fourth-order valence-electron chi connectivity index (χ4n) is 3.51. The highest BCUT2D eigenvalue weighted by Gasteiger charge is 2.37. The summed E-state index contributed by atoms with van der Waals surface area (Å²) in [5, 5.41) is 0.233. The van der Waals surface area contributed by atoms with Crippen molar-refractivity contribution in [2.75, 3.05) is 0 Å². The Hall–Kier alpha value is -2.37. The van der Waals surface area contributed by atoms with Crippen LogP contribution in [0.4, 0.5) is 0 Å². The van der Waals surface area contributed by atoms with Crippen LogP contribution in [0.5, 0.6) is 0 Å². The first kappa shape index (κ1) is 18.6. The molecule has 3 aromatic carbocycles. The lowest BCUT2D eigenvalue weighted by Gasteiger charge is -2.08. The van der Waals surface area contributed by atoms with Crippen LogP contribution in [0.3, 0.4) is 0 Å². The van der Waals surface area contributed by atoms with Crippen LogP contribution < -0.4 is 0 Å². The van der Waals surface area contributed by atoms with Crippen molar-refractivity contribution in [3.05, 3.63) is 85.3 Å². The Kier molecular flexibility index (Phi) is 4.23. The predicted molar refractivity (Wildman–Crippen MR) is 115 cm³/mol. The summed E-state index contributed by atoms with van der Waals surface area (Å²) in [6.45, 7) is 0. The normalized spacial score (nSPS) is 12.3. The predicted octanol–water partition coefficient (Wildman–Crippen LogP) is 6.55. The first-order valence-electron chi connectivity index (χ1n) is 8.43. The molecule has 0 atom stereocenters. The largest absolute Gasteiger partial charge is 0.289 e. The van der Waals surface area contributed by atoms with Gasteiger partial charge in [-0.3, -0.25) is 14.2 Å². The number of ketones is 1. The van der Waals surface area contributed by atoms with Gasteiger partial charge in [-0.25, -0.2) is 4.98 Å². The fourth-order valence-corrected chi connectivity index (χ4v) is 4.52. The van der Waals surface area contributed by atoms with Crippen LogP contribution in [0, 0.1) is 0 Å². The van der Waals surface area contributed by atoms with Crippen molar-refractivity contribution >= 4 is 69.1 Å². The van der Waals surface area contributed by atoms with Crippen molar-refractivity contribution < 1.29 is 9.59 Å². The van der Waals surface area contributed by atoms with E-state index in [0.717, 1.165) is 0 Å². The molecule has 4 nitrogen and oxygen atoms in total. The van der Waals surface area contributed by atoms with Gasteiger partial charge >= 0.3 is 0 Å². The molecule has 0 amide bonds. The van der Waals surface area contributed by atoms with E-state index in [-0.39, 0.29) is 31.4 Å². The van der Waals surface area contributed by atoms with E-state index in [1.807, 2.05) is 6.07 Å². The van der Waals surface area contributed by atoms with Gasteiger partial charge in [0.15, 0.2) is 11.6 Å². The molecule has 1 aliphatic heterocycles. The van der Waals surface area contributed by atoms with Gasteiger partial charge in [-0.2, -0.15) is 0 Å². The minimum Gasteiger partial charge on any atom is -0.289 e. The average molecular weight is 462 g/mol. The standard InChI is InChI=1S/C21H8Cl4N2O2/c22-15-13-14(16(23)18(25)17(15)24)21(29)27-12-7-6-10(8-11(12)26-20(13)27)19(28)9-4-2-1-3-5-9/h1-8H. The van der Waals surface area contributed by atoms with Gasteiger partial charge in [0.05, 0.1) is 42.3 Å². The molecular weight excluding hydrogens is 454 g/mol. The second-order valence-corrected chi connectivity index (χ2v) is 7.99. The monoisotopic (exact) mass is 460 g/mol. The lowest BCUT2D eigenvalue weighted by atomic mass is 10.0. The average Bonchev–Trinajstić information content (AvgIpc) is 3.25. The summed E-state index contributed by atoms with van der Waals surface area (Å²) in [6, 6.07) is 13.9. The SMILES string of the molecule is O=C(c1ccccc1)c1ccc2c(c1)nc1n2C(=O)c2c(Cl)c(Cl)c(Cl)c(Cl)c2-1. The molecule has 2 heterocycles. The number of imidazole rings is 1.